The van der Waals surface area contributed by atoms with Crippen molar-refractivity contribution in [3.05, 3.63) is 12.3 Å². The molecule has 1 heterocycles. The fourth-order valence-electron chi connectivity index (χ4n) is 1.84. The van der Waals surface area contributed by atoms with E-state index < -0.39 is 0 Å². The summed E-state index contributed by atoms with van der Waals surface area (Å²) in [5.41, 5.74) is 0. The number of carbonyl (C=O) groups excluding carboxylic acids is 1. The molecule has 0 spiro atoms. The lowest BCUT2D eigenvalue weighted by molar-refractivity contribution is -0.117. The lowest BCUT2D eigenvalue weighted by Gasteiger charge is -2.14. The zero-order valence-electron chi connectivity index (χ0n) is 10.1. The lowest BCUT2D eigenvalue weighted by atomic mass is 10.2. The number of hydrogen-bond acceptors (Lipinski definition) is 2. The maximum Gasteiger partial charge on any atom is 0.228 e. The van der Waals surface area contributed by atoms with Gasteiger partial charge in [0.25, 0.3) is 0 Å². The smallest absolute Gasteiger partial charge is 0.228 e. The molecule has 1 aromatic rings. The molecule has 1 saturated carbocycles. The first-order chi connectivity index (χ1) is 7.63. The van der Waals surface area contributed by atoms with Crippen LogP contribution in [0, 0.1) is 11.8 Å². The molecule has 1 amide bonds. The average Bonchev–Trinajstić information content (AvgIpc) is 2.83. The summed E-state index contributed by atoms with van der Waals surface area (Å²) < 4.78 is 1.88. The van der Waals surface area contributed by atoms with Crippen molar-refractivity contribution >= 4 is 11.7 Å². The van der Waals surface area contributed by atoms with E-state index in [1.807, 2.05) is 10.7 Å². The molecule has 1 aliphatic carbocycles. The quantitative estimate of drug-likeness (QED) is 0.849. The molecule has 1 aromatic heterocycles. The minimum absolute atomic E-state index is 0.137. The Kier molecular flexibility index (Phi) is 2.99. The first-order valence-electron chi connectivity index (χ1n) is 5.97. The zero-order valence-corrected chi connectivity index (χ0v) is 10.1. The third-order valence-electron chi connectivity index (χ3n) is 3.38. The van der Waals surface area contributed by atoms with E-state index in [9.17, 15) is 4.79 Å². The monoisotopic (exact) mass is 221 g/mol. The first kappa shape index (κ1) is 11.2. The average molecular weight is 221 g/mol. The summed E-state index contributed by atoms with van der Waals surface area (Å²) in [7, 11) is 0. The molecule has 4 nitrogen and oxygen atoms in total. The maximum atomic E-state index is 11.8. The molecule has 0 aromatic carbocycles. The predicted molar refractivity (Wildman–Crippen MR) is 63.1 cm³/mol. The van der Waals surface area contributed by atoms with Gasteiger partial charge < -0.3 is 5.32 Å². The topological polar surface area (TPSA) is 46.9 Å². The molecule has 1 aliphatic rings. The van der Waals surface area contributed by atoms with E-state index in [-0.39, 0.29) is 11.8 Å². The Morgan fingerprint density at radius 3 is 3.00 bits per heavy atom. The lowest BCUT2D eigenvalue weighted by Crippen LogP contribution is -2.19. The second kappa shape index (κ2) is 4.28. The molecular formula is C12H19N3O. The second-order valence-corrected chi connectivity index (χ2v) is 4.73. The molecule has 1 fully saturated rings. The molecule has 2 rings (SSSR count). The van der Waals surface area contributed by atoms with Crippen molar-refractivity contribution in [1.29, 1.82) is 0 Å². The fraction of sp³-hybridized carbons (Fsp3) is 0.667. The van der Waals surface area contributed by atoms with E-state index in [2.05, 4.69) is 31.2 Å². The van der Waals surface area contributed by atoms with Gasteiger partial charge in [0, 0.05) is 12.0 Å². The van der Waals surface area contributed by atoms with Gasteiger partial charge in [0.15, 0.2) is 0 Å². The van der Waals surface area contributed by atoms with E-state index in [0.29, 0.717) is 12.0 Å². The van der Waals surface area contributed by atoms with Gasteiger partial charge in [0.05, 0.1) is 12.2 Å². The normalized spacial score (nSPS) is 25.2. The Morgan fingerprint density at radius 2 is 2.44 bits per heavy atom. The molecule has 0 radical (unpaired) electrons. The molecular weight excluding hydrogens is 202 g/mol. The number of hydrogen-bond donors (Lipinski definition) is 1. The van der Waals surface area contributed by atoms with Crippen LogP contribution in [-0.2, 0) is 4.79 Å². The third kappa shape index (κ3) is 2.10. The molecule has 3 atom stereocenters. The van der Waals surface area contributed by atoms with Crippen LogP contribution >= 0.6 is 0 Å². The number of amides is 1. The highest BCUT2D eigenvalue weighted by Gasteiger charge is 2.39. The van der Waals surface area contributed by atoms with Crippen molar-refractivity contribution in [2.24, 2.45) is 11.8 Å². The van der Waals surface area contributed by atoms with Crippen LogP contribution < -0.4 is 5.32 Å². The molecule has 0 bridgehead atoms. The van der Waals surface area contributed by atoms with Crippen LogP contribution in [-0.4, -0.2) is 15.7 Å². The van der Waals surface area contributed by atoms with Crippen molar-refractivity contribution in [3.8, 4) is 0 Å². The summed E-state index contributed by atoms with van der Waals surface area (Å²) >= 11 is 0. The number of nitrogens with zero attached hydrogens (tertiary/aromatic N) is 2. The Hall–Kier alpha value is -1.32. The van der Waals surface area contributed by atoms with Crippen LogP contribution in [0.1, 0.15) is 39.7 Å². The third-order valence-corrected chi connectivity index (χ3v) is 3.38. The van der Waals surface area contributed by atoms with Crippen molar-refractivity contribution in [2.75, 3.05) is 5.32 Å². The van der Waals surface area contributed by atoms with Gasteiger partial charge in [-0.25, -0.2) is 4.68 Å². The number of nitrogens with one attached hydrogen (secondary N) is 1. The second-order valence-electron chi connectivity index (χ2n) is 4.73. The summed E-state index contributed by atoms with van der Waals surface area (Å²) in [5, 5.41) is 7.20. The van der Waals surface area contributed by atoms with E-state index >= 15 is 0 Å². The van der Waals surface area contributed by atoms with E-state index in [4.69, 9.17) is 0 Å². The summed E-state index contributed by atoms with van der Waals surface area (Å²) in [6, 6.07) is 2.18. The van der Waals surface area contributed by atoms with Crippen molar-refractivity contribution < 1.29 is 4.79 Å². The van der Waals surface area contributed by atoms with Crippen LogP contribution in [0.2, 0.25) is 0 Å². The SMILES string of the molecule is CCC(C)n1nccc1NC(=O)C1CC1C. The summed E-state index contributed by atoms with van der Waals surface area (Å²) in [5.74, 6) is 1.70. The Bertz CT molecular complexity index is 385. The van der Waals surface area contributed by atoms with Crippen molar-refractivity contribution in [1.82, 2.24) is 9.78 Å². The van der Waals surface area contributed by atoms with Gasteiger partial charge in [-0.15, -0.1) is 0 Å². The van der Waals surface area contributed by atoms with Crippen LogP contribution in [0.15, 0.2) is 12.3 Å². The van der Waals surface area contributed by atoms with E-state index in [1.165, 1.54) is 0 Å². The molecule has 0 saturated heterocycles. The Balaban J connectivity index is 2.04. The number of aromatic nitrogens is 2. The molecule has 88 valence electrons. The van der Waals surface area contributed by atoms with Crippen LogP contribution in [0.25, 0.3) is 0 Å². The molecule has 1 N–H and O–H groups in total. The van der Waals surface area contributed by atoms with Crippen molar-refractivity contribution in [3.63, 3.8) is 0 Å². The highest BCUT2D eigenvalue weighted by atomic mass is 16.2. The summed E-state index contributed by atoms with van der Waals surface area (Å²) in [6.45, 7) is 6.32. The Labute approximate surface area is 96.0 Å². The predicted octanol–water partition coefficient (Wildman–Crippen LogP) is 2.45. The molecule has 16 heavy (non-hydrogen) atoms. The zero-order chi connectivity index (χ0) is 11.7. The first-order valence-corrected chi connectivity index (χ1v) is 5.97. The fourth-order valence-corrected chi connectivity index (χ4v) is 1.84. The highest BCUT2D eigenvalue weighted by Crippen LogP contribution is 2.38. The largest absolute Gasteiger partial charge is 0.311 e. The van der Waals surface area contributed by atoms with Crippen LogP contribution in [0.5, 0.6) is 0 Å². The van der Waals surface area contributed by atoms with Gasteiger partial charge in [-0.05, 0) is 25.7 Å². The van der Waals surface area contributed by atoms with Gasteiger partial charge >= 0.3 is 0 Å². The number of carbonyl (C=O) groups is 1. The highest BCUT2D eigenvalue weighted by molar-refractivity contribution is 5.93. The van der Waals surface area contributed by atoms with Gasteiger partial charge in [0.1, 0.15) is 5.82 Å². The summed E-state index contributed by atoms with van der Waals surface area (Å²) in [4.78, 5) is 11.8. The van der Waals surface area contributed by atoms with Crippen molar-refractivity contribution in [2.45, 2.75) is 39.7 Å². The standard InChI is InChI=1S/C12H19N3O/c1-4-9(3)15-11(5-6-13-15)14-12(16)10-7-8(10)2/h5-6,8-10H,4,7H2,1-3H3,(H,14,16). The van der Waals surface area contributed by atoms with E-state index in [1.54, 1.807) is 6.20 Å². The number of anilines is 1. The number of rotatable bonds is 4. The van der Waals surface area contributed by atoms with Gasteiger partial charge in [-0.3, -0.25) is 4.79 Å². The minimum Gasteiger partial charge on any atom is -0.311 e. The molecule has 3 unspecified atom stereocenters. The van der Waals surface area contributed by atoms with Gasteiger partial charge in [-0.1, -0.05) is 13.8 Å². The van der Waals surface area contributed by atoms with Crippen LogP contribution in [0.3, 0.4) is 0 Å². The molecule has 0 aliphatic heterocycles. The molecule has 4 heteroatoms. The van der Waals surface area contributed by atoms with Gasteiger partial charge in [-0.2, -0.15) is 5.10 Å². The Morgan fingerprint density at radius 1 is 1.75 bits per heavy atom. The van der Waals surface area contributed by atoms with Crippen LogP contribution in [0.4, 0.5) is 5.82 Å². The minimum atomic E-state index is 0.137. The summed E-state index contributed by atoms with van der Waals surface area (Å²) in [6.07, 6.45) is 3.76. The van der Waals surface area contributed by atoms with E-state index in [0.717, 1.165) is 18.7 Å². The van der Waals surface area contributed by atoms with Gasteiger partial charge in [0.2, 0.25) is 5.91 Å². The maximum absolute atomic E-state index is 11.8.